The van der Waals surface area contributed by atoms with Crippen molar-refractivity contribution in [2.24, 2.45) is 5.92 Å². The Kier molecular flexibility index (Phi) is 5.19. The summed E-state index contributed by atoms with van der Waals surface area (Å²) in [6.45, 7) is 3.54. The molecule has 0 spiro atoms. The molecule has 0 saturated heterocycles. The minimum absolute atomic E-state index is 0.0733. The minimum Gasteiger partial charge on any atom is -0.481 e. The largest absolute Gasteiger partial charge is 0.481 e. The first-order valence-corrected chi connectivity index (χ1v) is 6.02. The van der Waals surface area contributed by atoms with Gasteiger partial charge in [-0.25, -0.2) is 0 Å². The van der Waals surface area contributed by atoms with Crippen LogP contribution < -0.4 is 4.72 Å². The van der Waals surface area contributed by atoms with Crippen molar-refractivity contribution in [3.05, 3.63) is 0 Å². The number of carboxylic acids is 1. The second-order valence-corrected chi connectivity index (χ2v) is 5.77. The summed E-state index contributed by atoms with van der Waals surface area (Å²) in [5.41, 5.74) is 0. The fourth-order valence-corrected chi connectivity index (χ4v) is 1.85. The molecule has 0 aliphatic rings. The fourth-order valence-electron chi connectivity index (χ4n) is 0.898. The Balaban J connectivity index is 4.63. The van der Waals surface area contributed by atoms with Crippen LogP contribution in [0.25, 0.3) is 0 Å². The van der Waals surface area contributed by atoms with Gasteiger partial charge in [0, 0.05) is 20.1 Å². The van der Waals surface area contributed by atoms with Crippen LogP contribution in [-0.4, -0.2) is 43.9 Å². The maximum absolute atomic E-state index is 11.4. The number of nitrogens with zero attached hydrogens (tertiary/aromatic N) is 1. The van der Waals surface area contributed by atoms with Crippen LogP contribution in [0.4, 0.5) is 0 Å². The van der Waals surface area contributed by atoms with Gasteiger partial charge < -0.3 is 5.11 Å². The summed E-state index contributed by atoms with van der Waals surface area (Å²) in [5.74, 6) is -1.09. The Bertz CT molecular complexity index is 311. The smallest absolute Gasteiger partial charge is 0.304 e. The van der Waals surface area contributed by atoms with Crippen LogP contribution in [0.3, 0.4) is 0 Å². The number of hydrogen-bond donors (Lipinski definition) is 2. The van der Waals surface area contributed by atoms with E-state index in [0.717, 1.165) is 4.31 Å². The predicted octanol–water partition coefficient (Wildman–Crippen LogP) is -0.118. The van der Waals surface area contributed by atoms with Gasteiger partial charge in [-0.15, -0.1) is 0 Å². The van der Waals surface area contributed by atoms with Crippen LogP contribution in [0, 0.1) is 5.92 Å². The van der Waals surface area contributed by atoms with Crippen LogP contribution in [0.1, 0.15) is 20.3 Å². The van der Waals surface area contributed by atoms with Crippen molar-refractivity contribution in [1.29, 1.82) is 0 Å². The number of hydrogen-bond acceptors (Lipinski definition) is 3. The molecule has 0 saturated carbocycles. The lowest BCUT2D eigenvalue weighted by molar-refractivity contribution is -0.137. The molecule has 1 atom stereocenters. The Morgan fingerprint density at radius 2 is 1.87 bits per heavy atom. The van der Waals surface area contributed by atoms with E-state index in [1.165, 1.54) is 14.1 Å². The van der Waals surface area contributed by atoms with Crippen LogP contribution >= 0.6 is 0 Å². The number of nitrogens with one attached hydrogen (secondary N) is 1. The first-order chi connectivity index (χ1) is 6.66. The molecule has 15 heavy (non-hydrogen) atoms. The monoisotopic (exact) mass is 238 g/mol. The normalized spacial score (nSPS) is 14.5. The molecule has 90 valence electrons. The van der Waals surface area contributed by atoms with Gasteiger partial charge >= 0.3 is 5.97 Å². The van der Waals surface area contributed by atoms with Crippen LogP contribution in [0.2, 0.25) is 0 Å². The van der Waals surface area contributed by atoms with Gasteiger partial charge in [0.05, 0.1) is 6.42 Å². The predicted molar refractivity (Wildman–Crippen MR) is 56.6 cm³/mol. The van der Waals surface area contributed by atoms with E-state index in [9.17, 15) is 13.2 Å². The van der Waals surface area contributed by atoms with E-state index < -0.39 is 22.2 Å². The molecule has 2 N–H and O–H groups in total. The third kappa shape index (κ3) is 5.10. The van der Waals surface area contributed by atoms with Crippen molar-refractivity contribution >= 4 is 16.2 Å². The average Bonchev–Trinajstić information content (AvgIpc) is 2.01. The average molecular weight is 238 g/mol. The van der Waals surface area contributed by atoms with Crippen LogP contribution in [-0.2, 0) is 15.0 Å². The van der Waals surface area contributed by atoms with Crippen molar-refractivity contribution in [1.82, 2.24) is 9.03 Å². The summed E-state index contributed by atoms with van der Waals surface area (Å²) in [6.07, 6.45) is -0.218. The molecule has 6 nitrogen and oxygen atoms in total. The highest BCUT2D eigenvalue weighted by atomic mass is 32.2. The molecule has 0 aromatic heterocycles. The van der Waals surface area contributed by atoms with Gasteiger partial charge in [-0.1, -0.05) is 13.8 Å². The first kappa shape index (κ1) is 14.3. The Morgan fingerprint density at radius 1 is 1.40 bits per heavy atom. The lowest BCUT2D eigenvalue weighted by atomic mass is 10.0. The zero-order chi connectivity index (χ0) is 12.2. The highest BCUT2D eigenvalue weighted by Gasteiger charge is 2.24. The third-order valence-electron chi connectivity index (χ3n) is 1.98. The SMILES string of the molecule is CC(C)C(CC(=O)O)NS(=O)(=O)N(C)C. The summed E-state index contributed by atoms with van der Waals surface area (Å²) in [7, 11) is -0.789. The van der Waals surface area contributed by atoms with Gasteiger partial charge in [0.1, 0.15) is 0 Å². The highest BCUT2D eigenvalue weighted by Crippen LogP contribution is 2.08. The van der Waals surface area contributed by atoms with Crippen molar-refractivity contribution < 1.29 is 18.3 Å². The van der Waals surface area contributed by atoms with Crippen LogP contribution in [0.15, 0.2) is 0 Å². The lowest BCUT2D eigenvalue weighted by Gasteiger charge is -2.22. The molecule has 0 bridgehead atoms. The van der Waals surface area contributed by atoms with Crippen molar-refractivity contribution in [2.75, 3.05) is 14.1 Å². The molecular formula is C8H18N2O4S. The van der Waals surface area contributed by atoms with Gasteiger partial charge in [-0.05, 0) is 5.92 Å². The number of rotatable bonds is 6. The topological polar surface area (TPSA) is 86.7 Å². The number of aliphatic carboxylic acids is 1. The van der Waals surface area contributed by atoms with Crippen molar-refractivity contribution in [3.8, 4) is 0 Å². The van der Waals surface area contributed by atoms with Crippen LogP contribution in [0.5, 0.6) is 0 Å². The molecule has 0 amide bonds. The zero-order valence-corrected chi connectivity index (χ0v) is 10.2. The number of carboxylic acid groups (broad SMARTS) is 1. The van der Waals surface area contributed by atoms with E-state index in [-0.39, 0.29) is 12.3 Å². The standard InChI is InChI=1S/C8H18N2O4S/c1-6(2)7(5-8(11)12)9-15(13,14)10(3)4/h6-7,9H,5H2,1-4H3,(H,11,12). The van der Waals surface area contributed by atoms with E-state index in [4.69, 9.17) is 5.11 Å². The van der Waals surface area contributed by atoms with Crippen molar-refractivity contribution in [2.45, 2.75) is 26.3 Å². The molecule has 0 aliphatic carbocycles. The third-order valence-corrected chi connectivity index (χ3v) is 3.54. The van der Waals surface area contributed by atoms with Gasteiger partial charge in [0.25, 0.3) is 10.2 Å². The molecule has 0 heterocycles. The fraction of sp³-hybridized carbons (Fsp3) is 0.875. The highest BCUT2D eigenvalue weighted by molar-refractivity contribution is 7.87. The first-order valence-electron chi connectivity index (χ1n) is 4.58. The van der Waals surface area contributed by atoms with E-state index >= 15 is 0 Å². The Morgan fingerprint density at radius 3 is 2.13 bits per heavy atom. The van der Waals surface area contributed by atoms with E-state index in [0.29, 0.717) is 0 Å². The van der Waals surface area contributed by atoms with Gasteiger partial charge in [-0.2, -0.15) is 17.4 Å². The second-order valence-electron chi connectivity index (χ2n) is 3.85. The van der Waals surface area contributed by atoms with Crippen molar-refractivity contribution in [3.63, 3.8) is 0 Å². The van der Waals surface area contributed by atoms with E-state index in [2.05, 4.69) is 4.72 Å². The summed E-state index contributed by atoms with van der Waals surface area (Å²) in [6, 6.07) is -0.588. The summed E-state index contributed by atoms with van der Waals surface area (Å²) in [4.78, 5) is 10.5. The maximum Gasteiger partial charge on any atom is 0.304 e. The minimum atomic E-state index is -3.57. The quantitative estimate of drug-likeness (QED) is 0.675. The van der Waals surface area contributed by atoms with Gasteiger partial charge in [0.15, 0.2) is 0 Å². The zero-order valence-electron chi connectivity index (χ0n) is 9.39. The molecular weight excluding hydrogens is 220 g/mol. The molecule has 7 heteroatoms. The Hall–Kier alpha value is -0.660. The Labute approximate surface area is 90.5 Å². The maximum atomic E-state index is 11.4. The summed E-state index contributed by atoms with van der Waals surface area (Å²) in [5, 5.41) is 8.62. The lowest BCUT2D eigenvalue weighted by Crippen LogP contribution is -2.45. The molecule has 0 aromatic carbocycles. The molecule has 1 unspecified atom stereocenters. The molecule has 0 fully saturated rings. The molecule has 0 radical (unpaired) electrons. The summed E-state index contributed by atoms with van der Waals surface area (Å²) >= 11 is 0. The molecule has 0 aromatic rings. The van der Waals surface area contributed by atoms with E-state index in [1.54, 1.807) is 13.8 Å². The molecule has 0 aliphatic heterocycles. The van der Waals surface area contributed by atoms with Gasteiger partial charge in [-0.3, -0.25) is 4.79 Å². The van der Waals surface area contributed by atoms with Gasteiger partial charge in [0.2, 0.25) is 0 Å². The van der Waals surface area contributed by atoms with E-state index in [1.807, 2.05) is 0 Å². The second kappa shape index (κ2) is 5.43. The molecule has 0 rings (SSSR count). The summed E-state index contributed by atoms with van der Waals surface area (Å²) < 4.78 is 26.3. The number of carbonyl (C=O) groups is 1.